The van der Waals surface area contributed by atoms with Crippen molar-refractivity contribution in [3.05, 3.63) is 83.8 Å². The molecule has 2 N–H and O–H groups in total. The van der Waals surface area contributed by atoms with Gasteiger partial charge in [-0.05, 0) is 42.5 Å². The molecule has 0 aliphatic carbocycles. The van der Waals surface area contributed by atoms with Crippen LogP contribution < -0.4 is 10.0 Å². The van der Waals surface area contributed by atoms with Gasteiger partial charge in [0.25, 0.3) is 15.9 Å². The molecule has 8 nitrogen and oxygen atoms in total. The molecule has 3 aromatic rings. The summed E-state index contributed by atoms with van der Waals surface area (Å²) < 4.78 is 37.7. The molecule has 0 atom stereocenters. The van der Waals surface area contributed by atoms with Crippen molar-refractivity contribution in [2.24, 2.45) is 0 Å². The van der Waals surface area contributed by atoms with Crippen LogP contribution in [-0.4, -0.2) is 27.4 Å². The molecule has 1 heterocycles. The van der Waals surface area contributed by atoms with Gasteiger partial charge in [0.1, 0.15) is 5.76 Å². The van der Waals surface area contributed by atoms with E-state index in [1.54, 1.807) is 24.3 Å². The number of methoxy groups -OCH3 is 1. The van der Waals surface area contributed by atoms with E-state index >= 15 is 0 Å². The molecule has 1 aromatic heterocycles. The van der Waals surface area contributed by atoms with Gasteiger partial charge in [-0.25, -0.2) is 13.2 Å². The maximum absolute atomic E-state index is 12.8. The van der Waals surface area contributed by atoms with Gasteiger partial charge in [-0.15, -0.1) is 0 Å². The number of furan rings is 1. The molecule has 0 aliphatic rings. The number of sulfonamides is 1. The van der Waals surface area contributed by atoms with Crippen LogP contribution in [0.3, 0.4) is 0 Å². The summed E-state index contributed by atoms with van der Waals surface area (Å²) in [7, 11) is -2.84. The molecule has 150 valence electrons. The zero-order chi connectivity index (χ0) is 20.9. The molecule has 0 fully saturated rings. The molecule has 0 saturated heterocycles. The van der Waals surface area contributed by atoms with E-state index in [1.165, 1.54) is 49.8 Å². The summed E-state index contributed by atoms with van der Waals surface area (Å²) in [4.78, 5) is 24.0. The number of anilines is 1. The molecule has 0 bridgehead atoms. The molecule has 1 amide bonds. The van der Waals surface area contributed by atoms with Gasteiger partial charge >= 0.3 is 5.97 Å². The van der Waals surface area contributed by atoms with Crippen LogP contribution in [-0.2, 0) is 21.3 Å². The third-order valence-electron chi connectivity index (χ3n) is 3.98. The van der Waals surface area contributed by atoms with Crippen molar-refractivity contribution in [1.29, 1.82) is 0 Å². The molecule has 0 saturated carbocycles. The maximum atomic E-state index is 12.8. The number of hydrogen-bond acceptors (Lipinski definition) is 6. The first-order chi connectivity index (χ1) is 13.9. The molecule has 2 aromatic carbocycles. The summed E-state index contributed by atoms with van der Waals surface area (Å²) in [6, 6.07) is 15.0. The Bertz CT molecular complexity index is 1120. The van der Waals surface area contributed by atoms with Gasteiger partial charge in [-0.3, -0.25) is 9.52 Å². The molecule has 3 rings (SSSR count). The third kappa shape index (κ3) is 4.82. The molecule has 0 unspecified atom stereocenters. The summed E-state index contributed by atoms with van der Waals surface area (Å²) in [6.07, 6.45) is 1.49. The quantitative estimate of drug-likeness (QED) is 0.575. The smallest absolute Gasteiger partial charge is 0.337 e. The zero-order valence-corrected chi connectivity index (χ0v) is 16.2. The Morgan fingerprint density at radius 2 is 1.83 bits per heavy atom. The fourth-order valence-electron chi connectivity index (χ4n) is 2.56. The first-order valence-corrected chi connectivity index (χ1v) is 10.00. The maximum Gasteiger partial charge on any atom is 0.337 e. The minimum Gasteiger partial charge on any atom is -0.467 e. The van der Waals surface area contributed by atoms with E-state index in [0.29, 0.717) is 5.76 Å². The van der Waals surface area contributed by atoms with Crippen molar-refractivity contribution in [2.45, 2.75) is 11.4 Å². The van der Waals surface area contributed by atoms with Crippen molar-refractivity contribution >= 4 is 27.6 Å². The summed E-state index contributed by atoms with van der Waals surface area (Å²) in [5.74, 6) is -0.557. The second-order valence-corrected chi connectivity index (χ2v) is 7.61. The number of esters is 1. The normalized spacial score (nSPS) is 10.9. The number of hydrogen-bond donors (Lipinski definition) is 2. The summed E-state index contributed by atoms with van der Waals surface area (Å²) in [6.45, 7) is 0.161. The Labute approximate surface area is 167 Å². The molecule has 29 heavy (non-hydrogen) atoms. The topological polar surface area (TPSA) is 115 Å². The molecule has 0 spiro atoms. The highest BCUT2D eigenvalue weighted by molar-refractivity contribution is 7.92. The Morgan fingerprint density at radius 1 is 1.03 bits per heavy atom. The van der Waals surface area contributed by atoms with Gasteiger partial charge < -0.3 is 14.5 Å². The van der Waals surface area contributed by atoms with Crippen molar-refractivity contribution < 1.29 is 27.2 Å². The van der Waals surface area contributed by atoms with Crippen LogP contribution in [0.25, 0.3) is 0 Å². The Kier molecular flexibility index (Phi) is 5.99. The van der Waals surface area contributed by atoms with Crippen LogP contribution in [0, 0.1) is 0 Å². The highest BCUT2D eigenvalue weighted by atomic mass is 32.2. The SMILES string of the molecule is COC(=O)c1cccc(S(=O)(=O)Nc2ccccc2C(=O)NCc2ccco2)c1. The Balaban J connectivity index is 1.82. The molecular weight excluding hydrogens is 396 g/mol. The summed E-state index contributed by atoms with van der Waals surface area (Å²) in [5.41, 5.74) is 0.347. The lowest BCUT2D eigenvalue weighted by Crippen LogP contribution is -2.24. The predicted molar refractivity (Wildman–Crippen MR) is 105 cm³/mol. The van der Waals surface area contributed by atoms with Crippen molar-refractivity contribution in [1.82, 2.24) is 5.32 Å². The summed E-state index contributed by atoms with van der Waals surface area (Å²) in [5, 5.41) is 2.67. The van der Waals surface area contributed by atoms with E-state index in [9.17, 15) is 18.0 Å². The van der Waals surface area contributed by atoms with Gasteiger partial charge in [0.05, 0.1) is 41.6 Å². The molecule has 0 radical (unpaired) electrons. The van der Waals surface area contributed by atoms with E-state index in [1.807, 2.05) is 0 Å². The van der Waals surface area contributed by atoms with E-state index in [-0.39, 0.29) is 28.3 Å². The Morgan fingerprint density at radius 3 is 2.55 bits per heavy atom. The largest absolute Gasteiger partial charge is 0.467 e. The fraction of sp³-hybridized carbons (Fsp3) is 0.100. The highest BCUT2D eigenvalue weighted by Crippen LogP contribution is 2.21. The number of rotatable bonds is 7. The van der Waals surface area contributed by atoms with Crippen LogP contribution in [0.5, 0.6) is 0 Å². The standard InChI is InChI=1S/C20H18N2O6S/c1-27-20(24)14-6-4-8-16(12-14)29(25,26)22-18-10-3-2-9-17(18)19(23)21-13-15-7-5-11-28-15/h2-12,22H,13H2,1H3,(H,21,23). The van der Waals surface area contributed by atoms with Crippen LogP contribution in [0.15, 0.2) is 76.2 Å². The zero-order valence-electron chi connectivity index (χ0n) is 15.4. The number of ether oxygens (including phenoxy) is 1. The van der Waals surface area contributed by atoms with Crippen LogP contribution in [0.1, 0.15) is 26.5 Å². The molecule has 9 heteroatoms. The van der Waals surface area contributed by atoms with Gasteiger partial charge in [0, 0.05) is 0 Å². The van der Waals surface area contributed by atoms with Gasteiger partial charge in [0.2, 0.25) is 0 Å². The second-order valence-electron chi connectivity index (χ2n) is 5.93. The van der Waals surface area contributed by atoms with Gasteiger partial charge in [-0.2, -0.15) is 0 Å². The lowest BCUT2D eigenvalue weighted by atomic mass is 10.1. The van der Waals surface area contributed by atoms with Gasteiger partial charge in [0.15, 0.2) is 0 Å². The lowest BCUT2D eigenvalue weighted by molar-refractivity contribution is 0.0600. The van der Waals surface area contributed by atoms with E-state index in [4.69, 9.17) is 4.42 Å². The fourth-order valence-corrected chi connectivity index (χ4v) is 3.68. The van der Waals surface area contributed by atoms with Crippen LogP contribution in [0.2, 0.25) is 0 Å². The third-order valence-corrected chi connectivity index (χ3v) is 5.35. The number of nitrogens with one attached hydrogen (secondary N) is 2. The molecule has 0 aliphatic heterocycles. The molecular formula is C20H18N2O6S. The minimum absolute atomic E-state index is 0.0971. The van der Waals surface area contributed by atoms with E-state index in [2.05, 4.69) is 14.8 Å². The van der Waals surface area contributed by atoms with E-state index < -0.39 is 21.9 Å². The van der Waals surface area contributed by atoms with Crippen molar-refractivity contribution in [3.63, 3.8) is 0 Å². The predicted octanol–water partition coefficient (Wildman–Crippen LogP) is 2.80. The van der Waals surface area contributed by atoms with Gasteiger partial charge in [-0.1, -0.05) is 18.2 Å². The van der Waals surface area contributed by atoms with Crippen LogP contribution in [0.4, 0.5) is 5.69 Å². The average Bonchev–Trinajstić information content (AvgIpc) is 3.25. The number of carbonyl (C=O) groups excluding carboxylic acids is 2. The van der Waals surface area contributed by atoms with Crippen LogP contribution >= 0.6 is 0 Å². The minimum atomic E-state index is -4.05. The summed E-state index contributed by atoms with van der Waals surface area (Å²) >= 11 is 0. The lowest BCUT2D eigenvalue weighted by Gasteiger charge is -2.13. The van der Waals surface area contributed by atoms with Crippen molar-refractivity contribution in [3.8, 4) is 0 Å². The number of para-hydroxylation sites is 1. The Hall–Kier alpha value is -3.59. The number of benzene rings is 2. The van der Waals surface area contributed by atoms with Crippen molar-refractivity contribution in [2.75, 3.05) is 11.8 Å². The first kappa shape index (κ1) is 20.2. The number of carbonyl (C=O) groups is 2. The average molecular weight is 414 g/mol. The first-order valence-electron chi connectivity index (χ1n) is 8.51. The number of amides is 1. The highest BCUT2D eigenvalue weighted by Gasteiger charge is 2.20. The van der Waals surface area contributed by atoms with E-state index in [0.717, 1.165) is 0 Å². The second kappa shape index (κ2) is 8.61. The monoisotopic (exact) mass is 414 g/mol.